The molecule has 0 spiro atoms. The molecule has 0 saturated heterocycles. The Kier molecular flexibility index (Phi) is 4.47. The molecule has 0 unspecified atom stereocenters. The molecular weight excluding hydrogens is 278 g/mol. The standard InChI is InChI=1S/C10H12BrNO2S/c1-12(15-3)9-5-4-7(11)6-8(9)10(13)14-2/h4-6H,1-3H3. The number of benzene rings is 1. The van der Waals surface area contributed by atoms with Crippen LogP contribution >= 0.6 is 27.9 Å². The highest BCUT2D eigenvalue weighted by Gasteiger charge is 2.14. The van der Waals surface area contributed by atoms with Gasteiger partial charge in [-0.25, -0.2) is 4.79 Å². The number of carbonyl (C=O) groups is 1. The molecule has 0 aliphatic carbocycles. The predicted octanol–water partition coefficient (Wildman–Crippen LogP) is 2.95. The molecule has 1 aromatic rings. The smallest absolute Gasteiger partial charge is 0.340 e. The molecule has 82 valence electrons. The van der Waals surface area contributed by atoms with E-state index in [1.165, 1.54) is 19.1 Å². The van der Waals surface area contributed by atoms with Crippen LogP contribution in [0.2, 0.25) is 0 Å². The topological polar surface area (TPSA) is 29.5 Å². The maximum Gasteiger partial charge on any atom is 0.340 e. The third-order valence-corrected chi connectivity index (χ3v) is 3.21. The second-order valence-corrected chi connectivity index (χ2v) is 4.66. The first-order valence-corrected chi connectivity index (χ1v) is 6.23. The van der Waals surface area contributed by atoms with Gasteiger partial charge in [-0.1, -0.05) is 27.9 Å². The van der Waals surface area contributed by atoms with Crippen molar-refractivity contribution in [3.8, 4) is 0 Å². The summed E-state index contributed by atoms with van der Waals surface area (Å²) in [5, 5.41) is 0. The third-order valence-electron chi connectivity index (χ3n) is 1.98. The van der Waals surface area contributed by atoms with E-state index in [9.17, 15) is 4.79 Å². The van der Waals surface area contributed by atoms with E-state index in [1.54, 1.807) is 6.07 Å². The van der Waals surface area contributed by atoms with Crippen LogP contribution in [0.5, 0.6) is 0 Å². The summed E-state index contributed by atoms with van der Waals surface area (Å²) in [6.45, 7) is 0. The van der Waals surface area contributed by atoms with Crippen LogP contribution in [0.25, 0.3) is 0 Å². The number of methoxy groups -OCH3 is 1. The summed E-state index contributed by atoms with van der Waals surface area (Å²) in [6.07, 6.45) is 1.95. The Morgan fingerprint density at radius 3 is 2.73 bits per heavy atom. The number of esters is 1. The Hall–Kier alpha value is -0.680. The summed E-state index contributed by atoms with van der Waals surface area (Å²) in [5.74, 6) is -0.327. The van der Waals surface area contributed by atoms with Crippen molar-refractivity contribution in [2.75, 3.05) is 24.7 Å². The Bertz CT molecular complexity index is 370. The molecule has 5 heteroatoms. The molecular formula is C10H12BrNO2S. The van der Waals surface area contributed by atoms with Gasteiger partial charge in [0.2, 0.25) is 0 Å². The number of nitrogens with zero attached hydrogens (tertiary/aromatic N) is 1. The molecule has 1 aromatic carbocycles. The zero-order valence-electron chi connectivity index (χ0n) is 8.78. The fourth-order valence-corrected chi connectivity index (χ4v) is 1.87. The van der Waals surface area contributed by atoms with Gasteiger partial charge in [-0.15, -0.1) is 0 Å². The van der Waals surface area contributed by atoms with Crippen LogP contribution in [-0.4, -0.2) is 26.4 Å². The number of carbonyl (C=O) groups excluding carboxylic acids is 1. The van der Waals surface area contributed by atoms with Crippen LogP contribution in [0.4, 0.5) is 5.69 Å². The predicted molar refractivity (Wildman–Crippen MR) is 67.4 cm³/mol. The SMILES string of the molecule is COC(=O)c1cc(Br)ccc1N(C)SC. The van der Waals surface area contributed by atoms with E-state index in [2.05, 4.69) is 15.9 Å². The average molecular weight is 290 g/mol. The van der Waals surface area contributed by atoms with Crippen LogP contribution in [-0.2, 0) is 4.74 Å². The minimum Gasteiger partial charge on any atom is -0.465 e. The van der Waals surface area contributed by atoms with Crippen molar-refractivity contribution in [3.63, 3.8) is 0 Å². The minimum absolute atomic E-state index is 0.327. The molecule has 0 saturated carbocycles. The maximum absolute atomic E-state index is 11.5. The lowest BCUT2D eigenvalue weighted by molar-refractivity contribution is 0.0601. The third kappa shape index (κ3) is 2.89. The lowest BCUT2D eigenvalue weighted by Crippen LogP contribution is -2.12. The molecule has 0 bridgehead atoms. The van der Waals surface area contributed by atoms with Crippen molar-refractivity contribution >= 4 is 39.5 Å². The molecule has 0 radical (unpaired) electrons. The summed E-state index contributed by atoms with van der Waals surface area (Å²) >= 11 is 4.87. The second-order valence-electron chi connectivity index (χ2n) is 2.83. The van der Waals surface area contributed by atoms with E-state index in [0.717, 1.165) is 10.2 Å². The fourth-order valence-electron chi connectivity index (χ4n) is 1.15. The largest absolute Gasteiger partial charge is 0.465 e. The average Bonchev–Trinajstić information content (AvgIpc) is 2.26. The quantitative estimate of drug-likeness (QED) is 0.632. The number of halogens is 1. The lowest BCUT2D eigenvalue weighted by atomic mass is 10.2. The van der Waals surface area contributed by atoms with Gasteiger partial charge in [0, 0.05) is 17.8 Å². The van der Waals surface area contributed by atoms with E-state index in [0.29, 0.717) is 5.56 Å². The molecule has 0 amide bonds. The van der Waals surface area contributed by atoms with Crippen molar-refractivity contribution in [2.24, 2.45) is 0 Å². The van der Waals surface area contributed by atoms with Crippen molar-refractivity contribution < 1.29 is 9.53 Å². The zero-order valence-corrected chi connectivity index (χ0v) is 11.2. The summed E-state index contributed by atoms with van der Waals surface area (Å²) in [7, 11) is 3.28. The number of anilines is 1. The zero-order chi connectivity index (χ0) is 11.4. The summed E-state index contributed by atoms with van der Waals surface area (Å²) < 4.78 is 7.51. The molecule has 15 heavy (non-hydrogen) atoms. The maximum atomic E-state index is 11.5. The molecule has 0 aromatic heterocycles. The van der Waals surface area contributed by atoms with Crippen molar-refractivity contribution in [1.82, 2.24) is 0 Å². The Morgan fingerprint density at radius 2 is 2.20 bits per heavy atom. The van der Waals surface area contributed by atoms with Gasteiger partial charge in [-0.3, -0.25) is 0 Å². The molecule has 0 fully saturated rings. The van der Waals surface area contributed by atoms with E-state index < -0.39 is 0 Å². The van der Waals surface area contributed by atoms with Crippen molar-refractivity contribution in [3.05, 3.63) is 28.2 Å². The van der Waals surface area contributed by atoms with Crippen LogP contribution in [0, 0.1) is 0 Å². The number of rotatable bonds is 3. The second kappa shape index (κ2) is 5.42. The van der Waals surface area contributed by atoms with Crippen LogP contribution in [0.1, 0.15) is 10.4 Å². The highest BCUT2D eigenvalue weighted by molar-refractivity contribution is 9.10. The van der Waals surface area contributed by atoms with Crippen LogP contribution in [0.15, 0.2) is 22.7 Å². The highest BCUT2D eigenvalue weighted by atomic mass is 79.9. The monoisotopic (exact) mass is 289 g/mol. The van der Waals surface area contributed by atoms with Crippen molar-refractivity contribution in [1.29, 1.82) is 0 Å². The van der Waals surface area contributed by atoms with Crippen molar-refractivity contribution in [2.45, 2.75) is 0 Å². The molecule has 0 aliphatic heterocycles. The lowest BCUT2D eigenvalue weighted by Gasteiger charge is -2.18. The van der Waals surface area contributed by atoms with Gasteiger partial charge in [0.25, 0.3) is 0 Å². The molecule has 0 atom stereocenters. The van der Waals surface area contributed by atoms with Gasteiger partial charge < -0.3 is 9.04 Å². The Balaban J connectivity index is 3.20. The molecule has 0 N–H and O–H groups in total. The summed E-state index contributed by atoms with van der Waals surface area (Å²) in [6, 6.07) is 5.54. The van der Waals surface area contributed by atoms with E-state index in [4.69, 9.17) is 4.74 Å². The minimum atomic E-state index is -0.327. The molecule has 0 aliphatic rings. The fraction of sp³-hybridized carbons (Fsp3) is 0.300. The summed E-state index contributed by atoms with van der Waals surface area (Å²) in [5.41, 5.74) is 1.40. The Morgan fingerprint density at radius 1 is 1.53 bits per heavy atom. The molecule has 1 rings (SSSR count). The first-order chi connectivity index (χ1) is 7.10. The van der Waals surface area contributed by atoms with Gasteiger partial charge in [0.05, 0.1) is 18.4 Å². The first-order valence-electron chi connectivity index (χ1n) is 4.26. The van der Waals surface area contributed by atoms with Gasteiger partial charge >= 0.3 is 5.97 Å². The molecule has 0 heterocycles. The van der Waals surface area contributed by atoms with Gasteiger partial charge in [0.15, 0.2) is 0 Å². The number of hydrogen-bond acceptors (Lipinski definition) is 4. The van der Waals surface area contributed by atoms with E-state index in [-0.39, 0.29) is 5.97 Å². The normalized spacial score (nSPS) is 9.87. The van der Waals surface area contributed by atoms with Gasteiger partial charge in [0.1, 0.15) is 0 Å². The summed E-state index contributed by atoms with van der Waals surface area (Å²) in [4.78, 5) is 11.5. The van der Waals surface area contributed by atoms with Crippen LogP contribution in [0.3, 0.4) is 0 Å². The highest BCUT2D eigenvalue weighted by Crippen LogP contribution is 2.27. The number of ether oxygens (including phenoxy) is 1. The molecule has 3 nitrogen and oxygen atoms in total. The van der Waals surface area contributed by atoms with Gasteiger partial charge in [-0.2, -0.15) is 0 Å². The van der Waals surface area contributed by atoms with Crippen LogP contribution < -0.4 is 4.31 Å². The van der Waals surface area contributed by atoms with Gasteiger partial charge in [-0.05, 0) is 18.2 Å². The Labute approximate surface area is 102 Å². The number of hydrogen-bond donors (Lipinski definition) is 0. The first kappa shape index (κ1) is 12.4. The van der Waals surface area contributed by atoms with E-state index >= 15 is 0 Å². The van der Waals surface area contributed by atoms with E-state index in [1.807, 2.05) is 29.7 Å².